The van der Waals surface area contributed by atoms with Gasteiger partial charge in [0.15, 0.2) is 0 Å². The number of hydrogen-bond donors (Lipinski definition) is 0. The summed E-state index contributed by atoms with van der Waals surface area (Å²) in [5.74, 6) is 0.837. The number of allylic oxidation sites excluding steroid dienone is 1. The minimum absolute atomic E-state index is 0.765. The Labute approximate surface area is 81.8 Å². The molecule has 1 aromatic heterocycles. The Bertz CT molecular complexity index is 492. The zero-order valence-electron chi connectivity index (χ0n) is 7.86. The van der Waals surface area contributed by atoms with E-state index in [-0.39, 0.29) is 0 Å². The van der Waals surface area contributed by atoms with E-state index in [4.69, 9.17) is 4.42 Å². The second-order valence-corrected chi connectivity index (χ2v) is 3.06. The molecule has 0 amide bonds. The van der Waals surface area contributed by atoms with E-state index in [0.29, 0.717) is 0 Å². The van der Waals surface area contributed by atoms with Gasteiger partial charge in [0.25, 0.3) is 0 Å². The maximum absolute atomic E-state index is 10.2. The lowest BCUT2D eigenvalue weighted by molar-refractivity contribution is -0.104. The van der Waals surface area contributed by atoms with Gasteiger partial charge in [-0.05, 0) is 25.1 Å². The third-order valence-corrected chi connectivity index (χ3v) is 2.16. The summed E-state index contributed by atoms with van der Waals surface area (Å²) in [4.78, 5) is 10.2. The van der Waals surface area contributed by atoms with Gasteiger partial charge in [0, 0.05) is 10.9 Å². The first kappa shape index (κ1) is 8.75. The van der Waals surface area contributed by atoms with Crippen LogP contribution in [0.2, 0.25) is 0 Å². The molecule has 0 aliphatic carbocycles. The lowest BCUT2D eigenvalue weighted by Gasteiger charge is -1.88. The minimum atomic E-state index is 0.765. The van der Waals surface area contributed by atoms with Gasteiger partial charge in [-0.1, -0.05) is 18.2 Å². The molecule has 0 unspecified atom stereocenters. The molecule has 2 heteroatoms. The molecule has 2 aromatic rings. The van der Waals surface area contributed by atoms with E-state index in [1.54, 1.807) is 6.08 Å². The predicted octanol–water partition coefficient (Wildman–Crippen LogP) is 2.95. The summed E-state index contributed by atoms with van der Waals surface area (Å²) >= 11 is 0. The summed E-state index contributed by atoms with van der Waals surface area (Å²) in [5, 5.41) is 1.04. The zero-order valence-corrected chi connectivity index (χ0v) is 7.86. The average Bonchev–Trinajstić information content (AvgIpc) is 2.51. The van der Waals surface area contributed by atoms with Crippen molar-refractivity contribution in [2.45, 2.75) is 6.92 Å². The Balaban J connectivity index is 2.67. The average molecular weight is 186 g/mol. The highest BCUT2D eigenvalue weighted by Crippen LogP contribution is 2.25. The molecule has 1 heterocycles. The second kappa shape index (κ2) is 3.50. The highest BCUT2D eigenvalue weighted by Gasteiger charge is 2.06. The summed E-state index contributed by atoms with van der Waals surface area (Å²) in [6.07, 6.45) is 4.01. The van der Waals surface area contributed by atoms with Crippen molar-refractivity contribution in [3.63, 3.8) is 0 Å². The van der Waals surface area contributed by atoms with Gasteiger partial charge in [-0.15, -0.1) is 0 Å². The van der Waals surface area contributed by atoms with E-state index >= 15 is 0 Å². The number of para-hydroxylation sites is 1. The number of furan rings is 1. The molecule has 0 aliphatic rings. The highest BCUT2D eigenvalue weighted by atomic mass is 16.3. The fraction of sp³-hybridized carbons (Fsp3) is 0.0833. The lowest BCUT2D eigenvalue weighted by Crippen LogP contribution is -1.72. The number of benzene rings is 1. The molecule has 1 aromatic carbocycles. The van der Waals surface area contributed by atoms with E-state index in [0.717, 1.165) is 28.6 Å². The summed E-state index contributed by atoms with van der Waals surface area (Å²) in [6.45, 7) is 1.89. The molecule has 0 atom stereocenters. The second-order valence-electron chi connectivity index (χ2n) is 3.06. The van der Waals surface area contributed by atoms with Gasteiger partial charge in [0.05, 0.1) is 0 Å². The van der Waals surface area contributed by atoms with Crippen molar-refractivity contribution in [3.05, 3.63) is 41.7 Å². The third-order valence-electron chi connectivity index (χ3n) is 2.16. The van der Waals surface area contributed by atoms with Crippen LogP contribution in [-0.2, 0) is 4.79 Å². The molecule has 0 fully saturated rings. The topological polar surface area (TPSA) is 30.2 Å². The fourth-order valence-corrected chi connectivity index (χ4v) is 1.53. The van der Waals surface area contributed by atoms with E-state index < -0.39 is 0 Å². The Morgan fingerprint density at radius 3 is 2.86 bits per heavy atom. The molecule has 0 N–H and O–H groups in total. The van der Waals surface area contributed by atoms with Crippen LogP contribution in [0.15, 0.2) is 34.8 Å². The van der Waals surface area contributed by atoms with E-state index in [9.17, 15) is 4.79 Å². The van der Waals surface area contributed by atoms with Gasteiger partial charge in [-0.25, -0.2) is 0 Å². The van der Waals surface area contributed by atoms with Crippen LogP contribution in [0.1, 0.15) is 11.3 Å². The first-order valence-corrected chi connectivity index (χ1v) is 4.43. The van der Waals surface area contributed by atoms with Crippen molar-refractivity contribution >= 4 is 23.3 Å². The van der Waals surface area contributed by atoms with Gasteiger partial charge in [-0.2, -0.15) is 0 Å². The first-order chi connectivity index (χ1) is 6.83. The Morgan fingerprint density at radius 2 is 2.07 bits per heavy atom. The summed E-state index contributed by atoms with van der Waals surface area (Å²) < 4.78 is 5.53. The fourth-order valence-electron chi connectivity index (χ4n) is 1.53. The number of carbonyl (C=O) groups excluding carboxylic acids is 1. The third kappa shape index (κ3) is 1.35. The maximum atomic E-state index is 10.2. The van der Waals surface area contributed by atoms with Crippen molar-refractivity contribution in [1.82, 2.24) is 0 Å². The van der Waals surface area contributed by atoms with Crippen molar-refractivity contribution in [3.8, 4) is 0 Å². The molecule has 2 nitrogen and oxygen atoms in total. The molecule has 0 aliphatic heterocycles. The van der Waals surface area contributed by atoms with Gasteiger partial charge in [0.2, 0.25) is 0 Å². The Morgan fingerprint density at radius 1 is 1.29 bits per heavy atom. The minimum Gasteiger partial charge on any atom is -0.461 e. The molecule has 0 radical (unpaired) electrons. The summed E-state index contributed by atoms with van der Waals surface area (Å²) in [5.41, 5.74) is 1.84. The standard InChI is InChI=1S/C12H10O2/c1-9-10(6-4-8-13)11-5-2-3-7-12(11)14-9/h2-8H,1H3/b6-4+. The van der Waals surface area contributed by atoms with Crippen molar-refractivity contribution in [2.75, 3.05) is 0 Å². The van der Waals surface area contributed by atoms with Crippen LogP contribution in [0.25, 0.3) is 17.0 Å². The van der Waals surface area contributed by atoms with Crippen LogP contribution in [0.4, 0.5) is 0 Å². The van der Waals surface area contributed by atoms with Crippen LogP contribution in [0, 0.1) is 6.92 Å². The summed E-state index contributed by atoms with van der Waals surface area (Å²) in [7, 11) is 0. The maximum Gasteiger partial charge on any atom is 0.142 e. The predicted molar refractivity (Wildman–Crippen MR) is 56.0 cm³/mol. The number of fused-ring (bicyclic) bond motifs is 1. The molecule has 70 valence electrons. The first-order valence-electron chi connectivity index (χ1n) is 4.43. The molecule has 0 spiro atoms. The Hall–Kier alpha value is -1.83. The van der Waals surface area contributed by atoms with Gasteiger partial charge < -0.3 is 4.42 Å². The smallest absolute Gasteiger partial charge is 0.142 e. The SMILES string of the molecule is Cc1oc2ccccc2c1/C=C/C=O. The van der Waals surface area contributed by atoms with Crippen molar-refractivity contribution in [1.29, 1.82) is 0 Å². The van der Waals surface area contributed by atoms with Crippen LogP contribution in [0.3, 0.4) is 0 Å². The largest absolute Gasteiger partial charge is 0.461 e. The van der Waals surface area contributed by atoms with Crippen LogP contribution < -0.4 is 0 Å². The number of carbonyl (C=O) groups is 1. The molecule has 0 saturated carbocycles. The number of aldehydes is 1. The molecular formula is C12H10O2. The van der Waals surface area contributed by atoms with Gasteiger partial charge >= 0.3 is 0 Å². The molecule has 2 rings (SSSR count). The lowest BCUT2D eigenvalue weighted by atomic mass is 10.1. The van der Waals surface area contributed by atoms with Crippen molar-refractivity contribution < 1.29 is 9.21 Å². The van der Waals surface area contributed by atoms with Crippen LogP contribution in [-0.4, -0.2) is 6.29 Å². The van der Waals surface area contributed by atoms with E-state index in [2.05, 4.69) is 0 Å². The monoisotopic (exact) mass is 186 g/mol. The number of hydrogen-bond acceptors (Lipinski definition) is 2. The van der Waals surface area contributed by atoms with Crippen molar-refractivity contribution in [2.24, 2.45) is 0 Å². The highest BCUT2D eigenvalue weighted by molar-refractivity contribution is 5.90. The zero-order chi connectivity index (χ0) is 9.97. The van der Waals surface area contributed by atoms with Crippen LogP contribution >= 0.6 is 0 Å². The molecule has 14 heavy (non-hydrogen) atoms. The number of aryl methyl sites for hydroxylation is 1. The van der Waals surface area contributed by atoms with Crippen LogP contribution in [0.5, 0.6) is 0 Å². The normalized spacial score (nSPS) is 11.2. The molecular weight excluding hydrogens is 176 g/mol. The molecule has 0 bridgehead atoms. The molecule has 0 saturated heterocycles. The Kier molecular flexibility index (Phi) is 2.19. The van der Waals surface area contributed by atoms with E-state index in [1.165, 1.54) is 6.08 Å². The van der Waals surface area contributed by atoms with E-state index in [1.807, 2.05) is 31.2 Å². The summed E-state index contributed by atoms with van der Waals surface area (Å²) in [6, 6.07) is 7.78. The number of rotatable bonds is 2. The van der Waals surface area contributed by atoms with Gasteiger partial charge in [0.1, 0.15) is 17.6 Å². The quantitative estimate of drug-likeness (QED) is 0.533. The van der Waals surface area contributed by atoms with Gasteiger partial charge in [-0.3, -0.25) is 4.79 Å².